The SMILES string of the molecule is Cc1oc(C)c(C(=O)c2ccccc2C=O)c1C=O. The smallest absolute Gasteiger partial charge is 0.197 e. The first-order valence-corrected chi connectivity index (χ1v) is 5.74. The molecule has 0 radical (unpaired) electrons. The highest BCUT2D eigenvalue weighted by molar-refractivity contribution is 6.16. The molecule has 4 nitrogen and oxygen atoms in total. The van der Waals surface area contributed by atoms with E-state index in [0.717, 1.165) is 0 Å². The lowest BCUT2D eigenvalue weighted by Crippen LogP contribution is -2.08. The molecule has 4 heteroatoms. The van der Waals surface area contributed by atoms with E-state index < -0.39 is 0 Å². The third-order valence-corrected chi connectivity index (χ3v) is 2.98. The van der Waals surface area contributed by atoms with Gasteiger partial charge in [0.1, 0.15) is 11.5 Å². The quantitative estimate of drug-likeness (QED) is 0.623. The largest absolute Gasteiger partial charge is 0.465 e. The summed E-state index contributed by atoms with van der Waals surface area (Å²) in [4.78, 5) is 34.5. The van der Waals surface area contributed by atoms with Crippen molar-refractivity contribution < 1.29 is 18.8 Å². The van der Waals surface area contributed by atoms with Gasteiger partial charge >= 0.3 is 0 Å². The minimum absolute atomic E-state index is 0.224. The molecule has 96 valence electrons. The van der Waals surface area contributed by atoms with Gasteiger partial charge in [0.2, 0.25) is 0 Å². The Bertz CT molecular complexity index is 665. The van der Waals surface area contributed by atoms with Crippen molar-refractivity contribution in [3.63, 3.8) is 0 Å². The van der Waals surface area contributed by atoms with Crippen LogP contribution in [-0.2, 0) is 0 Å². The minimum atomic E-state index is -0.376. The Balaban J connectivity index is 2.62. The number of hydrogen-bond donors (Lipinski definition) is 0. The van der Waals surface area contributed by atoms with Crippen LogP contribution in [0.5, 0.6) is 0 Å². The van der Waals surface area contributed by atoms with Gasteiger partial charge in [0.15, 0.2) is 18.4 Å². The summed E-state index contributed by atoms with van der Waals surface area (Å²) in [7, 11) is 0. The molecule has 0 atom stereocenters. The monoisotopic (exact) mass is 256 g/mol. The highest BCUT2D eigenvalue weighted by Crippen LogP contribution is 2.24. The summed E-state index contributed by atoms with van der Waals surface area (Å²) in [6.07, 6.45) is 1.22. The fraction of sp³-hybridized carbons (Fsp3) is 0.133. The van der Waals surface area contributed by atoms with Gasteiger partial charge in [0.05, 0.1) is 11.1 Å². The van der Waals surface area contributed by atoms with E-state index in [2.05, 4.69) is 0 Å². The molecule has 0 aliphatic heterocycles. The van der Waals surface area contributed by atoms with Crippen molar-refractivity contribution in [3.05, 3.63) is 58.0 Å². The van der Waals surface area contributed by atoms with E-state index in [4.69, 9.17) is 4.42 Å². The Morgan fingerprint density at radius 1 is 1.05 bits per heavy atom. The molecule has 2 rings (SSSR count). The summed E-state index contributed by atoms with van der Waals surface area (Å²) in [5.41, 5.74) is 1.03. The number of furan rings is 1. The minimum Gasteiger partial charge on any atom is -0.465 e. The van der Waals surface area contributed by atoms with Gasteiger partial charge in [-0.25, -0.2) is 0 Å². The summed E-state index contributed by atoms with van der Waals surface area (Å²) in [6.45, 7) is 3.25. The standard InChI is InChI=1S/C15H12O4/c1-9-13(8-17)14(10(2)19-9)15(18)12-6-4-3-5-11(12)7-16/h3-8H,1-2H3. The summed E-state index contributed by atoms with van der Waals surface area (Å²) >= 11 is 0. The number of aryl methyl sites for hydroxylation is 2. The fourth-order valence-electron chi connectivity index (χ4n) is 2.07. The van der Waals surface area contributed by atoms with Crippen LogP contribution < -0.4 is 0 Å². The van der Waals surface area contributed by atoms with E-state index in [9.17, 15) is 14.4 Å². The fourth-order valence-corrected chi connectivity index (χ4v) is 2.07. The van der Waals surface area contributed by atoms with Crippen molar-refractivity contribution >= 4 is 18.4 Å². The predicted octanol–water partition coefficient (Wildman–Crippen LogP) is 2.75. The third-order valence-electron chi connectivity index (χ3n) is 2.98. The zero-order valence-corrected chi connectivity index (χ0v) is 10.6. The number of carbonyl (C=O) groups excluding carboxylic acids is 3. The molecule has 2 aromatic rings. The molecule has 0 unspecified atom stereocenters. The topological polar surface area (TPSA) is 64.3 Å². The maximum atomic E-state index is 12.5. The molecule has 1 aromatic heterocycles. The molecule has 0 aliphatic carbocycles. The van der Waals surface area contributed by atoms with Crippen LogP contribution in [0.15, 0.2) is 28.7 Å². The van der Waals surface area contributed by atoms with Crippen molar-refractivity contribution in [3.8, 4) is 0 Å². The summed E-state index contributed by atoms with van der Waals surface area (Å²) in [6, 6.07) is 6.46. The average Bonchev–Trinajstić information content (AvgIpc) is 2.71. The lowest BCUT2D eigenvalue weighted by Gasteiger charge is -2.03. The molecule has 0 fully saturated rings. The highest BCUT2D eigenvalue weighted by atomic mass is 16.3. The van der Waals surface area contributed by atoms with E-state index in [1.807, 2.05) is 0 Å². The van der Waals surface area contributed by atoms with Gasteiger partial charge in [-0.3, -0.25) is 14.4 Å². The van der Waals surface area contributed by atoms with Crippen LogP contribution >= 0.6 is 0 Å². The van der Waals surface area contributed by atoms with Gasteiger partial charge in [-0.15, -0.1) is 0 Å². The lowest BCUT2D eigenvalue weighted by atomic mass is 9.96. The molecule has 0 saturated heterocycles. The molecule has 0 spiro atoms. The van der Waals surface area contributed by atoms with Crippen LogP contribution in [0.25, 0.3) is 0 Å². The van der Waals surface area contributed by atoms with Crippen LogP contribution in [0.4, 0.5) is 0 Å². The first kappa shape index (κ1) is 13.0. The van der Waals surface area contributed by atoms with Crippen molar-refractivity contribution in [2.75, 3.05) is 0 Å². The number of carbonyl (C=O) groups is 3. The van der Waals surface area contributed by atoms with Gasteiger partial charge < -0.3 is 4.42 Å². The van der Waals surface area contributed by atoms with Gasteiger partial charge in [-0.1, -0.05) is 24.3 Å². The number of rotatable bonds is 4. The van der Waals surface area contributed by atoms with Crippen molar-refractivity contribution in [2.45, 2.75) is 13.8 Å². The van der Waals surface area contributed by atoms with Gasteiger partial charge in [0.25, 0.3) is 0 Å². The number of aldehydes is 2. The summed E-state index contributed by atoms with van der Waals surface area (Å²) < 4.78 is 5.31. The van der Waals surface area contributed by atoms with E-state index >= 15 is 0 Å². The normalized spacial score (nSPS) is 10.2. The van der Waals surface area contributed by atoms with Crippen LogP contribution in [0.3, 0.4) is 0 Å². The zero-order valence-electron chi connectivity index (χ0n) is 10.6. The second kappa shape index (κ2) is 5.02. The molecule has 19 heavy (non-hydrogen) atoms. The summed E-state index contributed by atoms with van der Waals surface area (Å²) in [5.74, 6) is 0.406. The van der Waals surface area contributed by atoms with Crippen molar-refractivity contribution in [1.29, 1.82) is 0 Å². The predicted molar refractivity (Wildman–Crippen MR) is 68.8 cm³/mol. The second-order valence-electron chi connectivity index (χ2n) is 4.16. The highest BCUT2D eigenvalue weighted by Gasteiger charge is 2.23. The number of benzene rings is 1. The molecule has 1 aromatic carbocycles. The van der Waals surface area contributed by atoms with Gasteiger partial charge in [0, 0.05) is 11.1 Å². The van der Waals surface area contributed by atoms with Crippen molar-refractivity contribution in [2.24, 2.45) is 0 Å². The second-order valence-corrected chi connectivity index (χ2v) is 4.16. The Kier molecular flexibility index (Phi) is 3.42. The molecule has 0 aliphatic rings. The first-order chi connectivity index (χ1) is 9.10. The van der Waals surface area contributed by atoms with Crippen LogP contribution in [0.1, 0.15) is 48.2 Å². The molecule has 0 bridgehead atoms. The van der Waals surface area contributed by atoms with Crippen LogP contribution in [0, 0.1) is 13.8 Å². The molecule has 1 heterocycles. The lowest BCUT2D eigenvalue weighted by molar-refractivity contribution is 0.102. The van der Waals surface area contributed by atoms with E-state index in [-0.39, 0.29) is 22.5 Å². The van der Waals surface area contributed by atoms with Gasteiger partial charge in [-0.2, -0.15) is 0 Å². The third kappa shape index (κ3) is 2.12. The van der Waals surface area contributed by atoms with Crippen LogP contribution in [0.2, 0.25) is 0 Å². The number of ketones is 1. The molecule has 0 saturated carbocycles. The Labute approximate surface area is 110 Å². The van der Waals surface area contributed by atoms with Gasteiger partial charge in [-0.05, 0) is 13.8 Å². The maximum absolute atomic E-state index is 12.5. The molecular weight excluding hydrogens is 244 g/mol. The maximum Gasteiger partial charge on any atom is 0.197 e. The van der Waals surface area contributed by atoms with E-state index in [1.54, 1.807) is 38.1 Å². The Morgan fingerprint density at radius 2 is 1.74 bits per heavy atom. The van der Waals surface area contributed by atoms with Crippen LogP contribution in [-0.4, -0.2) is 18.4 Å². The zero-order chi connectivity index (χ0) is 14.0. The molecule has 0 amide bonds. The summed E-state index contributed by atoms with van der Waals surface area (Å²) in [5, 5.41) is 0. The Morgan fingerprint density at radius 3 is 2.37 bits per heavy atom. The molecular formula is C15H12O4. The first-order valence-electron chi connectivity index (χ1n) is 5.74. The van der Waals surface area contributed by atoms with E-state index in [0.29, 0.717) is 29.7 Å². The molecule has 0 N–H and O–H groups in total. The van der Waals surface area contributed by atoms with E-state index in [1.165, 1.54) is 0 Å². The average molecular weight is 256 g/mol. The Hall–Kier alpha value is -2.49. The number of hydrogen-bond acceptors (Lipinski definition) is 4. The van der Waals surface area contributed by atoms with Crippen molar-refractivity contribution in [1.82, 2.24) is 0 Å².